The zero-order valence-corrected chi connectivity index (χ0v) is 30.2. The number of ether oxygens (including phenoxy) is 2. The van der Waals surface area contributed by atoms with E-state index in [1.54, 1.807) is 18.2 Å². The Hall–Kier alpha value is -5.26. The van der Waals surface area contributed by atoms with E-state index in [1.807, 2.05) is 5.73 Å². The van der Waals surface area contributed by atoms with Gasteiger partial charge in [0.15, 0.2) is 17.0 Å². The van der Waals surface area contributed by atoms with E-state index in [4.69, 9.17) is 26.1 Å². The number of aliphatic imine (C=N–C) groups is 1. The third kappa shape index (κ3) is 11.1. The first kappa shape index (κ1) is 38.5. The van der Waals surface area contributed by atoms with Crippen LogP contribution in [0.2, 0.25) is 0 Å². The SMILES string of the molecule is COc1cc(Br)c2[nH]c(-c3ccc(OC)c(F)c3)cc(=O)c2c1.[CH-]=C=C=C=NCB(O)O.c1ccc(P(c2ccccc2)c2ccccc2)cc1. The smallest absolute Gasteiger partial charge is 0.475 e. The molecule has 0 aliphatic rings. The molecule has 0 aliphatic heterocycles. The standard InChI is InChI=1S/C18H15P.C17H13BrFNO3.C5H5BNO2/c1-4-10-16(11-5-1)19(17-12-6-2-7-13-17)18-14-8-3-9-15-18;1-22-10-6-11-15(21)8-14(20-17(11)12(18)7-10)9-3-4-16(23-2)13(19)5-9;1-2-3-4-7-5-6(8)9/h1-15H;3-8H,1-2H3,(H,20,21);1,8-9H,5H2/q;;-1. The van der Waals surface area contributed by atoms with Crippen molar-refractivity contribution in [3.8, 4) is 22.8 Å². The molecule has 6 rings (SSSR count). The van der Waals surface area contributed by atoms with E-state index in [1.165, 1.54) is 48.3 Å². The summed E-state index contributed by atoms with van der Waals surface area (Å²) in [6, 6.07) is 41.7. The van der Waals surface area contributed by atoms with Crippen LogP contribution in [0, 0.1) is 12.4 Å². The lowest BCUT2D eigenvalue weighted by Gasteiger charge is -2.18. The van der Waals surface area contributed by atoms with E-state index in [9.17, 15) is 9.18 Å². The van der Waals surface area contributed by atoms with Crippen LogP contribution in [-0.2, 0) is 0 Å². The molecule has 51 heavy (non-hydrogen) atoms. The van der Waals surface area contributed by atoms with Crippen LogP contribution >= 0.6 is 23.9 Å². The average molecular weight is 762 g/mol. The second-order valence-electron chi connectivity index (χ2n) is 10.5. The number of H-pyrrole nitrogens is 1. The second-order valence-corrected chi connectivity index (χ2v) is 13.5. The lowest BCUT2D eigenvalue weighted by atomic mass is 9.93. The zero-order valence-electron chi connectivity index (χ0n) is 27.8. The van der Waals surface area contributed by atoms with Crippen molar-refractivity contribution in [1.82, 2.24) is 4.98 Å². The van der Waals surface area contributed by atoms with Crippen LogP contribution in [0.4, 0.5) is 4.39 Å². The largest absolute Gasteiger partial charge is 0.497 e. The minimum Gasteiger partial charge on any atom is -0.497 e. The summed E-state index contributed by atoms with van der Waals surface area (Å²) in [6.45, 7) is 4.74. The fraction of sp³-hybridized carbons (Fsp3) is 0.0750. The van der Waals surface area contributed by atoms with Gasteiger partial charge in [0, 0.05) is 21.8 Å². The average Bonchev–Trinajstić information content (AvgIpc) is 3.15. The van der Waals surface area contributed by atoms with E-state index >= 15 is 0 Å². The summed E-state index contributed by atoms with van der Waals surface area (Å²) in [7, 11) is 1.06. The number of aromatic nitrogens is 1. The number of nitrogens with one attached hydrogen (secondary N) is 1. The molecule has 1 aromatic heterocycles. The second kappa shape index (κ2) is 19.8. The Morgan fingerprint density at radius 1 is 0.843 bits per heavy atom. The summed E-state index contributed by atoms with van der Waals surface area (Å²) in [5.74, 6) is 2.44. The zero-order chi connectivity index (χ0) is 36.6. The highest BCUT2D eigenvalue weighted by molar-refractivity contribution is 9.10. The van der Waals surface area contributed by atoms with Gasteiger partial charge >= 0.3 is 7.12 Å². The van der Waals surface area contributed by atoms with Crippen molar-refractivity contribution < 1.29 is 23.9 Å². The monoisotopic (exact) mass is 761 g/mol. The number of halogens is 2. The Kier molecular flexibility index (Phi) is 15.0. The predicted octanol–water partition coefficient (Wildman–Crippen LogP) is 6.53. The van der Waals surface area contributed by atoms with E-state index in [0.717, 1.165) is 0 Å². The molecule has 0 atom stereocenters. The van der Waals surface area contributed by atoms with Crippen LogP contribution in [0.3, 0.4) is 0 Å². The maximum Gasteiger partial charge on any atom is 0.475 e. The van der Waals surface area contributed by atoms with Gasteiger partial charge in [-0.1, -0.05) is 96.9 Å². The van der Waals surface area contributed by atoms with Crippen molar-refractivity contribution in [3.63, 3.8) is 0 Å². The molecule has 0 spiro atoms. The molecule has 0 saturated carbocycles. The van der Waals surface area contributed by atoms with Gasteiger partial charge in [0.1, 0.15) is 5.75 Å². The van der Waals surface area contributed by atoms with E-state index in [0.29, 0.717) is 32.4 Å². The predicted molar refractivity (Wildman–Crippen MR) is 210 cm³/mol. The van der Waals surface area contributed by atoms with Gasteiger partial charge in [-0.05, 0) is 70.1 Å². The molecule has 5 aromatic carbocycles. The molecule has 7 nitrogen and oxygen atoms in total. The summed E-state index contributed by atoms with van der Waals surface area (Å²) in [5, 5.41) is 21.1. The topological polar surface area (TPSA) is 104 Å². The first-order valence-corrected chi connectivity index (χ1v) is 17.6. The van der Waals surface area contributed by atoms with E-state index in [2.05, 4.69) is 129 Å². The number of pyridine rings is 1. The van der Waals surface area contributed by atoms with Crippen molar-refractivity contribution in [2.75, 3.05) is 20.7 Å². The Balaban J connectivity index is 0.000000188. The number of benzene rings is 5. The van der Waals surface area contributed by atoms with Gasteiger partial charge in [-0.25, -0.2) is 16.7 Å². The number of fused-ring (bicyclic) bond motifs is 1. The minimum absolute atomic E-state index is 0.116. The fourth-order valence-corrected chi connectivity index (χ4v) is 7.61. The highest BCUT2D eigenvalue weighted by atomic mass is 79.9. The van der Waals surface area contributed by atoms with E-state index in [-0.39, 0.29) is 17.6 Å². The molecular weight excluding hydrogens is 729 g/mol. The summed E-state index contributed by atoms with van der Waals surface area (Å²) in [5.41, 5.74) is 5.75. The number of aromatic amines is 1. The lowest BCUT2D eigenvalue weighted by molar-refractivity contribution is 0.386. The molecule has 1 heterocycles. The van der Waals surface area contributed by atoms with Crippen LogP contribution in [0.1, 0.15) is 0 Å². The third-order valence-corrected chi connectivity index (χ3v) is 10.1. The molecule has 0 fully saturated rings. The minimum atomic E-state index is -1.43. The Morgan fingerprint density at radius 3 is 1.88 bits per heavy atom. The van der Waals surface area contributed by atoms with E-state index < -0.39 is 20.9 Å². The van der Waals surface area contributed by atoms with Crippen LogP contribution in [0.25, 0.3) is 22.2 Å². The third-order valence-electron chi connectivity index (χ3n) is 7.07. The van der Waals surface area contributed by atoms with Gasteiger partial charge < -0.3 is 24.5 Å². The Morgan fingerprint density at radius 2 is 1.41 bits per heavy atom. The molecule has 0 amide bonds. The number of methoxy groups -OCH3 is 2. The Labute approximate surface area is 305 Å². The first-order chi connectivity index (χ1) is 24.7. The van der Waals surface area contributed by atoms with Gasteiger partial charge in [-0.2, -0.15) is 0 Å². The van der Waals surface area contributed by atoms with Crippen molar-refractivity contribution in [3.05, 3.63) is 166 Å². The van der Waals surface area contributed by atoms with Crippen molar-refractivity contribution in [2.45, 2.75) is 0 Å². The van der Waals surface area contributed by atoms with Crippen LogP contribution in [0.15, 0.2) is 153 Å². The summed E-state index contributed by atoms with van der Waals surface area (Å²) in [6.07, 6.45) is -0.116. The maximum atomic E-state index is 13.9. The molecule has 6 aromatic rings. The van der Waals surface area contributed by atoms with Gasteiger partial charge in [0.25, 0.3) is 0 Å². The molecule has 3 N–H and O–H groups in total. The lowest BCUT2D eigenvalue weighted by Crippen LogP contribution is -2.20. The molecule has 0 aliphatic carbocycles. The van der Waals surface area contributed by atoms with Crippen molar-refractivity contribution in [1.29, 1.82) is 0 Å². The van der Waals surface area contributed by atoms with Crippen molar-refractivity contribution in [2.24, 2.45) is 4.99 Å². The number of hydrogen-bond acceptors (Lipinski definition) is 6. The van der Waals surface area contributed by atoms with Crippen LogP contribution in [0.5, 0.6) is 11.5 Å². The molecule has 0 unspecified atom stereocenters. The van der Waals surface area contributed by atoms with Gasteiger partial charge in [-0.3, -0.25) is 15.5 Å². The fourth-order valence-electron chi connectivity index (χ4n) is 4.77. The van der Waals surface area contributed by atoms with Gasteiger partial charge in [-0.15, -0.1) is 0 Å². The normalized spacial score (nSPS) is 9.94. The molecule has 0 radical (unpaired) electrons. The molecule has 0 saturated heterocycles. The van der Waals surface area contributed by atoms with Crippen LogP contribution in [-0.4, -0.2) is 48.7 Å². The summed E-state index contributed by atoms with van der Waals surface area (Å²) in [4.78, 5) is 18.9. The molecular formula is C40H33BBrFN2O5P-. The van der Waals surface area contributed by atoms with Gasteiger partial charge in [0.05, 0.1) is 31.6 Å². The maximum absolute atomic E-state index is 13.9. The van der Waals surface area contributed by atoms with Crippen LogP contribution < -0.4 is 30.8 Å². The summed E-state index contributed by atoms with van der Waals surface area (Å²) < 4.78 is 24.7. The first-order valence-electron chi connectivity index (χ1n) is 15.4. The number of nitrogens with zero attached hydrogens (tertiary/aromatic N) is 1. The van der Waals surface area contributed by atoms with Gasteiger partial charge in [0.2, 0.25) is 0 Å². The molecule has 11 heteroatoms. The number of hydrogen-bond donors (Lipinski definition) is 3. The highest BCUT2D eigenvalue weighted by Crippen LogP contribution is 2.32. The van der Waals surface area contributed by atoms with Crippen molar-refractivity contribution >= 4 is 63.7 Å². The Bertz CT molecular complexity index is 2130. The summed E-state index contributed by atoms with van der Waals surface area (Å²) >= 11 is 3.42. The molecule has 0 bridgehead atoms. The number of rotatable bonds is 8. The molecule has 256 valence electrons. The quantitative estimate of drug-likeness (QED) is 0.0539. The highest BCUT2D eigenvalue weighted by Gasteiger charge is 2.15.